The zero-order valence-corrected chi connectivity index (χ0v) is 20.2. The Morgan fingerprint density at radius 1 is 1.12 bits per heavy atom. The predicted molar refractivity (Wildman–Crippen MR) is 131 cm³/mol. The van der Waals surface area contributed by atoms with E-state index >= 15 is 0 Å². The molecule has 5 nitrogen and oxygen atoms in total. The molecule has 32 heavy (non-hydrogen) atoms. The molecule has 162 valence electrons. The van der Waals surface area contributed by atoms with Crippen LogP contribution in [-0.2, 0) is 13.0 Å². The van der Waals surface area contributed by atoms with Gasteiger partial charge in [0.2, 0.25) is 0 Å². The van der Waals surface area contributed by atoms with Crippen LogP contribution in [0.2, 0.25) is 0 Å². The first kappa shape index (κ1) is 22.4. The van der Waals surface area contributed by atoms with E-state index in [1.807, 2.05) is 31.2 Å². The molecule has 0 bridgehead atoms. The Kier molecular flexibility index (Phi) is 6.81. The van der Waals surface area contributed by atoms with Gasteiger partial charge in [-0.1, -0.05) is 35.0 Å². The first-order chi connectivity index (χ1) is 15.4. The molecular weight excluding hydrogens is 541 g/mol. The molecule has 0 saturated carbocycles. The topological polar surface area (TPSA) is 56.5 Å². The van der Waals surface area contributed by atoms with Crippen molar-refractivity contribution in [3.8, 4) is 5.75 Å². The highest BCUT2D eigenvalue weighted by Gasteiger charge is 2.10. The average molecular weight is 559 g/mol. The van der Waals surface area contributed by atoms with Crippen molar-refractivity contribution >= 4 is 49.0 Å². The molecule has 0 amide bonds. The van der Waals surface area contributed by atoms with Crippen molar-refractivity contribution in [3.05, 3.63) is 103 Å². The molecule has 4 rings (SSSR count). The highest BCUT2D eigenvalue weighted by molar-refractivity contribution is 9.10. The van der Waals surface area contributed by atoms with Gasteiger partial charge >= 0.3 is 0 Å². The fourth-order valence-electron chi connectivity index (χ4n) is 3.17. The van der Waals surface area contributed by atoms with Crippen molar-refractivity contribution in [3.63, 3.8) is 0 Å². The molecule has 0 spiro atoms. The second-order valence-electron chi connectivity index (χ2n) is 7.01. The quantitative estimate of drug-likeness (QED) is 0.269. The number of fused-ring (bicyclic) bond motifs is 1. The van der Waals surface area contributed by atoms with Crippen LogP contribution in [0.5, 0.6) is 5.75 Å². The molecule has 0 aliphatic rings. The van der Waals surface area contributed by atoms with Gasteiger partial charge in [-0.3, -0.25) is 4.79 Å². The van der Waals surface area contributed by atoms with Crippen LogP contribution >= 0.6 is 31.9 Å². The fraction of sp³-hybridized carbons (Fsp3) is 0.125. The minimum absolute atomic E-state index is 0.224. The van der Waals surface area contributed by atoms with Crippen molar-refractivity contribution in [2.24, 2.45) is 5.10 Å². The summed E-state index contributed by atoms with van der Waals surface area (Å²) in [5.74, 6) is 0.902. The van der Waals surface area contributed by atoms with Crippen molar-refractivity contribution in [2.75, 3.05) is 0 Å². The molecule has 0 atom stereocenters. The highest BCUT2D eigenvalue weighted by atomic mass is 79.9. The molecule has 0 saturated heterocycles. The lowest BCUT2D eigenvalue weighted by Gasteiger charge is -2.10. The van der Waals surface area contributed by atoms with Crippen LogP contribution in [0.15, 0.2) is 79.5 Å². The van der Waals surface area contributed by atoms with Gasteiger partial charge in [-0.05, 0) is 75.6 Å². The largest absolute Gasteiger partial charge is 0.488 e. The fourth-order valence-corrected chi connectivity index (χ4v) is 4.04. The summed E-state index contributed by atoms with van der Waals surface area (Å²) >= 11 is 6.90. The third kappa shape index (κ3) is 4.97. The molecule has 8 heteroatoms. The van der Waals surface area contributed by atoms with E-state index in [1.165, 1.54) is 16.8 Å². The van der Waals surface area contributed by atoms with E-state index in [0.717, 1.165) is 20.1 Å². The van der Waals surface area contributed by atoms with Gasteiger partial charge in [0.05, 0.1) is 21.6 Å². The van der Waals surface area contributed by atoms with E-state index in [4.69, 9.17) is 4.74 Å². The van der Waals surface area contributed by atoms with Gasteiger partial charge in [0.25, 0.3) is 5.56 Å². The number of rotatable bonds is 6. The van der Waals surface area contributed by atoms with E-state index < -0.39 is 0 Å². The van der Waals surface area contributed by atoms with Crippen LogP contribution in [0.4, 0.5) is 4.39 Å². The number of hydrogen-bond acceptors (Lipinski definition) is 4. The minimum Gasteiger partial charge on any atom is -0.488 e. The van der Waals surface area contributed by atoms with Crippen LogP contribution in [0, 0.1) is 5.82 Å². The lowest BCUT2D eigenvalue weighted by molar-refractivity contribution is 0.303. The molecule has 0 unspecified atom stereocenters. The van der Waals surface area contributed by atoms with Crippen molar-refractivity contribution in [1.82, 2.24) is 9.66 Å². The van der Waals surface area contributed by atoms with Crippen molar-refractivity contribution in [2.45, 2.75) is 20.0 Å². The molecular formula is C24H18Br2FN3O2. The standard InChI is InChI=1S/C24H18Br2FN3O2/c1-2-23-29-21-8-7-17(25)12-19(21)24(31)30(23)28-13-15-6-9-22(20(26)11-15)32-14-16-4-3-5-18(27)10-16/h3-13H,2,14H2,1H3. The van der Waals surface area contributed by atoms with Gasteiger partial charge in [-0.2, -0.15) is 9.78 Å². The first-order valence-corrected chi connectivity index (χ1v) is 11.5. The third-order valence-electron chi connectivity index (χ3n) is 4.75. The van der Waals surface area contributed by atoms with E-state index in [2.05, 4.69) is 41.9 Å². The van der Waals surface area contributed by atoms with Crippen molar-refractivity contribution < 1.29 is 9.13 Å². The summed E-state index contributed by atoms with van der Waals surface area (Å²) in [4.78, 5) is 17.6. The summed E-state index contributed by atoms with van der Waals surface area (Å²) in [6.07, 6.45) is 2.17. The number of benzene rings is 3. The Hall–Kier alpha value is -2.84. The molecule has 0 aliphatic heterocycles. The zero-order valence-electron chi connectivity index (χ0n) is 17.1. The van der Waals surface area contributed by atoms with Crippen LogP contribution in [0.25, 0.3) is 10.9 Å². The minimum atomic E-state index is -0.297. The van der Waals surface area contributed by atoms with E-state index in [1.54, 1.807) is 30.5 Å². The highest BCUT2D eigenvalue weighted by Crippen LogP contribution is 2.26. The van der Waals surface area contributed by atoms with Gasteiger partial charge in [0, 0.05) is 10.9 Å². The Balaban J connectivity index is 1.58. The molecule has 1 heterocycles. The van der Waals surface area contributed by atoms with Crippen LogP contribution < -0.4 is 10.3 Å². The lowest BCUT2D eigenvalue weighted by Crippen LogP contribution is -2.22. The smallest absolute Gasteiger partial charge is 0.282 e. The van der Waals surface area contributed by atoms with Gasteiger partial charge in [0.1, 0.15) is 24.0 Å². The Bertz CT molecular complexity index is 1390. The Labute approximate surface area is 200 Å². The van der Waals surface area contributed by atoms with Crippen LogP contribution in [0.3, 0.4) is 0 Å². The number of halogens is 3. The third-order valence-corrected chi connectivity index (χ3v) is 5.87. The zero-order chi connectivity index (χ0) is 22.7. The van der Waals surface area contributed by atoms with Gasteiger partial charge in [-0.15, -0.1) is 0 Å². The van der Waals surface area contributed by atoms with Gasteiger partial charge in [0.15, 0.2) is 0 Å². The summed E-state index contributed by atoms with van der Waals surface area (Å²) in [7, 11) is 0. The number of aromatic nitrogens is 2. The SMILES string of the molecule is CCc1nc2ccc(Br)cc2c(=O)n1N=Cc1ccc(OCc2cccc(F)c2)c(Br)c1. The van der Waals surface area contributed by atoms with Gasteiger partial charge in [-0.25, -0.2) is 9.37 Å². The molecule has 3 aromatic carbocycles. The second-order valence-corrected chi connectivity index (χ2v) is 8.78. The maximum atomic E-state index is 13.3. The van der Waals surface area contributed by atoms with E-state index in [-0.39, 0.29) is 18.0 Å². The van der Waals surface area contributed by atoms with Crippen molar-refractivity contribution in [1.29, 1.82) is 0 Å². The number of nitrogens with zero attached hydrogens (tertiary/aromatic N) is 3. The summed E-state index contributed by atoms with van der Waals surface area (Å²) in [5, 5.41) is 4.89. The number of hydrogen-bond donors (Lipinski definition) is 0. The van der Waals surface area contributed by atoms with E-state index in [0.29, 0.717) is 28.9 Å². The average Bonchev–Trinajstić information content (AvgIpc) is 2.78. The molecule has 0 N–H and O–H groups in total. The maximum absolute atomic E-state index is 13.3. The summed E-state index contributed by atoms with van der Waals surface area (Å²) in [6.45, 7) is 2.18. The molecule has 0 radical (unpaired) electrons. The molecule has 4 aromatic rings. The normalized spacial score (nSPS) is 11.4. The Morgan fingerprint density at radius 3 is 2.72 bits per heavy atom. The predicted octanol–water partition coefficient (Wildman–Crippen LogP) is 6.08. The monoisotopic (exact) mass is 557 g/mol. The molecule has 1 aromatic heterocycles. The summed E-state index contributed by atoms with van der Waals surface area (Å²) in [6, 6.07) is 17.2. The summed E-state index contributed by atoms with van der Waals surface area (Å²) < 4.78 is 22.0. The maximum Gasteiger partial charge on any atom is 0.282 e. The van der Waals surface area contributed by atoms with Gasteiger partial charge < -0.3 is 4.74 Å². The van der Waals surface area contributed by atoms with Crippen LogP contribution in [-0.4, -0.2) is 15.9 Å². The number of ether oxygens (including phenoxy) is 1. The first-order valence-electron chi connectivity index (χ1n) is 9.87. The molecule has 0 aliphatic carbocycles. The van der Waals surface area contributed by atoms with E-state index in [9.17, 15) is 9.18 Å². The lowest BCUT2D eigenvalue weighted by atomic mass is 10.2. The number of aryl methyl sites for hydroxylation is 1. The molecule has 0 fully saturated rings. The summed E-state index contributed by atoms with van der Waals surface area (Å²) in [5.41, 5.74) is 1.94. The second kappa shape index (κ2) is 9.75. The van der Waals surface area contributed by atoms with Crippen LogP contribution in [0.1, 0.15) is 23.9 Å². The Morgan fingerprint density at radius 2 is 1.97 bits per heavy atom.